The zero-order chi connectivity index (χ0) is 20.8. The molecule has 0 saturated heterocycles. The van der Waals surface area contributed by atoms with E-state index in [1.807, 2.05) is 6.07 Å². The van der Waals surface area contributed by atoms with Gasteiger partial charge in [0, 0.05) is 30.2 Å². The van der Waals surface area contributed by atoms with Crippen LogP contribution >= 0.6 is 0 Å². The Bertz CT molecular complexity index is 984. The van der Waals surface area contributed by atoms with E-state index in [-0.39, 0.29) is 11.6 Å². The van der Waals surface area contributed by atoms with E-state index >= 15 is 0 Å². The Labute approximate surface area is 170 Å². The number of halogens is 1. The lowest BCUT2D eigenvalue weighted by molar-refractivity contribution is 0.102. The monoisotopic (exact) mass is 392 g/mol. The number of pyridine rings is 1. The summed E-state index contributed by atoms with van der Waals surface area (Å²) in [7, 11) is 0. The number of rotatable bonds is 7. The van der Waals surface area contributed by atoms with Crippen LogP contribution < -0.4 is 15.5 Å². The number of anilines is 4. The van der Waals surface area contributed by atoms with E-state index < -0.39 is 5.82 Å². The van der Waals surface area contributed by atoms with Crippen molar-refractivity contribution >= 4 is 28.7 Å². The van der Waals surface area contributed by atoms with Gasteiger partial charge in [-0.1, -0.05) is 6.07 Å². The van der Waals surface area contributed by atoms with Crippen LogP contribution in [0.3, 0.4) is 0 Å². The van der Waals surface area contributed by atoms with Gasteiger partial charge in [0.1, 0.15) is 11.5 Å². The largest absolute Gasteiger partial charge is 0.372 e. The fourth-order valence-electron chi connectivity index (χ4n) is 3.09. The minimum atomic E-state index is -0.405. The number of aromatic nitrogens is 1. The topological polar surface area (TPSA) is 57.3 Å². The quantitative estimate of drug-likeness (QED) is 0.567. The van der Waals surface area contributed by atoms with Crippen LogP contribution in [0.2, 0.25) is 0 Å². The number of nitrogens with one attached hydrogen (secondary N) is 2. The molecule has 0 aliphatic rings. The minimum absolute atomic E-state index is 0.258. The second-order valence-corrected chi connectivity index (χ2v) is 6.69. The van der Waals surface area contributed by atoms with Crippen LogP contribution in [0.15, 0.2) is 60.8 Å². The molecule has 0 radical (unpaired) electrons. The number of amides is 1. The highest BCUT2D eigenvalue weighted by atomic mass is 19.1. The summed E-state index contributed by atoms with van der Waals surface area (Å²) in [4.78, 5) is 18.8. The van der Waals surface area contributed by atoms with Gasteiger partial charge in [-0.15, -0.1) is 0 Å². The molecule has 29 heavy (non-hydrogen) atoms. The van der Waals surface area contributed by atoms with Crippen LogP contribution in [-0.4, -0.2) is 24.0 Å². The van der Waals surface area contributed by atoms with Gasteiger partial charge in [-0.2, -0.15) is 0 Å². The molecule has 0 atom stereocenters. The van der Waals surface area contributed by atoms with Crippen molar-refractivity contribution in [1.29, 1.82) is 0 Å². The highest BCUT2D eigenvalue weighted by molar-refractivity contribution is 6.02. The normalized spacial score (nSPS) is 10.5. The van der Waals surface area contributed by atoms with Crippen LogP contribution in [0.25, 0.3) is 0 Å². The third kappa shape index (κ3) is 5.10. The van der Waals surface area contributed by atoms with Crippen molar-refractivity contribution in [1.82, 2.24) is 4.98 Å². The van der Waals surface area contributed by atoms with Crippen LogP contribution in [0.1, 0.15) is 29.9 Å². The van der Waals surface area contributed by atoms with Gasteiger partial charge in [-0.05, 0) is 74.9 Å². The summed E-state index contributed by atoms with van der Waals surface area (Å²) in [5.41, 5.74) is 4.74. The van der Waals surface area contributed by atoms with Gasteiger partial charge < -0.3 is 15.5 Å². The molecule has 1 amide bonds. The fraction of sp³-hybridized carbons (Fsp3) is 0.217. The molecular formula is C23H25FN4O. The maximum absolute atomic E-state index is 13.2. The van der Waals surface area contributed by atoms with E-state index in [4.69, 9.17) is 0 Å². The number of nitrogens with zero attached hydrogens (tertiary/aromatic N) is 2. The van der Waals surface area contributed by atoms with E-state index in [1.54, 1.807) is 30.5 Å². The Hall–Kier alpha value is -3.41. The van der Waals surface area contributed by atoms with Gasteiger partial charge in [-0.25, -0.2) is 9.37 Å². The number of hydrogen-bond acceptors (Lipinski definition) is 4. The molecule has 0 fully saturated rings. The minimum Gasteiger partial charge on any atom is -0.372 e. The molecule has 3 rings (SSSR count). The number of hydrogen-bond donors (Lipinski definition) is 2. The summed E-state index contributed by atoms with van der Waals surface area (Å²) >= 11 is 0. The van der Waals surface area contributed by atoms with Crippen molar-refractivity contribution in [2.45, 2.75) is 20.8 Å². The second-order valence-electron chi connectivity index (χ2n) is 6.69. The van der Waals surface area contributed by atoms with E-state index in [1.165, 1.54) is 17.8 Å². The van der Waals surface area contributed by atoms with Crippen molar-refractivity contribution in [3.63, 3.8) is 0 Å². The molecule has 5 nitrogen and oxygen atoms in total. The van der Waals surface area contributed by atoms with Gasteiger partial charge in [0.05, 0.1) is 11.9 Å². The molecule has 0 bridgehead atoms. The highest BCUT2D eigenvalue weighted by Crippen LogP contribution is 2.25. The van der Waals surface area contributed by atoms with Crippen molar-refractivity contribution in [3.05, 3.63) is 77.9 Å². The highest BCUT2D eigenvalue weighted by Gasteiger charge is 2.09. The first kappa shape index (κ1) is 20.3. The van der Waals surface area contributed by atoms with Crippen molar-refractivity contribution in [3.8, 4) is 0 Å². The summed E-state index contributed by atoms with van der Waals surface area (Å²) in [6.07, 6.45) is 1.61. The van der Waals surface area contributed by atoms with E-state index in [0.29, 0.717) is 5.69 Å². The number of aryl methyl sites for hydroxylation is 1. The zero-order valence-electron chi connectivity index (χ0n) is 16.9. The van der Waals surface area contributed by atoms with Crippen molar-refractivity contribution < 1.29 is 9.18 Å². The summed E-state index contributed by atoms with van der Waals surface area (Å²) in [5.74, 6) is -0.792. The Morgan fingerprint density at radius 2 is 1.83 bits per heavy atom. The fourth-order valence-corrected chi connectivity index (χ4v) is 3.09. The SMILES string of the molecule is CCN(CC)c1ccc(Nc2ccc(C(=O)Nc3cccc(F)c3)nc2)c(C)c1. The molecule has 2 aromatic carbocycles. The lowest BCUT2D eigenvalue weighted by Crippen LogP contribution is -2.21. The summed E-state index contributed by atoms with van der Waals surface area (Å²) in [6, 6.07) is 15.5. The maximum atomic E-state index is 13.2. The number of benzene rings is 2. The molecule has 1 heterocycles. The molecule has 150 valence electrons. The lowest BCUT2D eigenvalue weighted by Gasteiger charge is -2.22. The first-order valence-electron chi connectivity index (χ1n) is 9.65. The molecule has 0 aliphatic carbocycles. The summed E-state index contributed by atoms with van der Waals surface area (Å²) in [6.45, 7) is 8.27. The average Bonchev–Trinajstić information content (AvgIpc) is 2.71. The van der Waals surface area contributed by atoms with Gasteiger partial charge in [0.15, 0.2) is 0 Å². The summed E-state index contributed by atoms with van der Waals surface area (Å²) in [5, 5.41) is 5.97. The third-order valence-electron chi connectivity index (χ3n) is 4.70. The average molecular weight is 392 g/mol. The molecule has 3 aromatic rings. The Kier molecular flexibility index (Phi) is 6.44. The summed E-state index contributed by atoms with van der Waals surface area (Å²) < 4.78 is 13.2. The Balaban J connectivity index is 1.68. The predicted octanol–water partition coefficient (Wildman–Crippen LogP) is 5.37. The van der Waals surface area contributed by atoms with Crippen molar-refractivity contribution in [2.24, 2.45) is 0 Å². The van der Waals surface area contributed by atoms with Gasteiger partial charge >= 0.3 is 0 Å². The van der Waals surface area contributed by atoms with E-state index in [2.05, 4.69) is 53.4 Å². The molecule has 1 aromatic heterocycles. The Morgan fingerprint density at radius 3 is 2.45 bits per heavy atom. The predicted molar refractivity (Wildman–Crippen MR) is 117 cm³/mol. The molecule has 6 heteroatoms. The second kappa shape index (κ2) is 9.19. The van der Waals surface area contributed by atoms with Crippen LogP contribution in [-0.2, 0) is 0 Å². The first-order chi connectivity index (χ1) is 14.0. The molecule has 0 unspecified atom stereocenters. The van der Waals surface area contributed by atoms with Crippen LogP contribution in [0.5, 0.6) is 0 Å². The van der Waals surface area contributed by atoms with Crippen molar-refractivity contribution in [2.75, 3.05) is 28.6 Å². The molecule has 0 spiro atoms. The standard InChI is InChI=1S/C23H25FN4O/c1-4-28(5-2)20-10-12-21(16(3)13-20)26-19-9-11-22(25-15-19)23(29)27-18-8-6-7-17(24)14-18/h6-15,26H,4-5H2,1-3H3,(H,27,29). The van der Waals surface area contributed by atoms with Gasteiger partial charge in [0.2, 0.25) is 0 Å². The van der Waals surface area contributed by atoms with E-state index in [9.17, 15) is 9.18 Å². The van der Waals surface area contributed by atoms with Gasteiger partial charge in [-0.3, -0.25) is 4.79 Å². The number of carbonyl (C=O) groups excluding carboxylic acids is 1. The first-order valence-corrected chi connectivity index (χ1v) is 9.65. The lowest BCUT2D eigenvalue weighted by atomic mass is 10.1. The molecule has 2 N–H and O–H groups in total. The Morgan fingerprint density at radius 1 is 1.03 bits per heavy atom. The maximum Gasteiger partial charge on any atom is 0.274 e. The van der Waals surface area contributed by atoms with Crippen LogP contribution in [0.4, 0.5) is 27.1 Å². The smallest absolute Gasteiger partial charge is 0.274 e. The third-order valence-corrected chi connectivity index (χ3v) is 4.70. The van der Waals surface area contributed by atoms with Gasteiger partial charge in [0.25, 0.3) is 5.91 Å². The van der Waals surface area contributed by atoms with E-state index in [0.717, 1.165) is 30.0 Å². The van der Waals surface area contributed by atoms with Crippen LogP contribution in [0, 0.1) is 12.7 Å². The zero-order valence-corrected chi connectivity index (χ0v) is 16.9. The number of carbonyl (C=O) groups is 1. The molecule has 0 saturated carbocycles. The molecular weight excluding hydrogens is 367 g/mol. The molecule has 0 aliphatic heterocycles.